The van der Waals surface area contributed by atoms with Crippen LogP contribution in [0.15, 0.2) is 39.7 Å². The Labute approximate surface area is 205 Å². The molecule has 1 amide bonds. The lowest BCUT2D eigenvalue weighted by Gasteiger charge is -2.22. The predicted octanol–water partition coefficient (Wildman–Crippen LogP) is 2.86. The van der Waals surface area contributed by atoms with Crippen molar-refractivity contribution >= 4 is 40.1 Å². The number of esters is 1. The summed E-state index contributed by atoms with van der Waals surface area (Å²) in [4.78, 5) is 49.6. The number of aromatic nitrogens is 4. The third-order valence-electron chi connectivity index (χ3n) is 5.31. The number of pyridine rings is 1. The molecule has 178 valence electrons. The van der Waals surface area contributed by atoms with Crippen LogP contribution in [-0.2, 0) is 40.1 Å². The number of nitrogens with one attached hydrogen (secondary N) is 1. The van der Waals surface area contributed by atoms with E-state index in [9.17, 15) is 14.4 Å². The lowest BCUT2D eigenvalue weighted by Crippen LogP contribution is -2.30. The Kier molecular flexibility index (Phi) is 8.07. The van der Waals surface area contributed by atoms with E-state index in [0.717, 1.165) is 42.5 Å². The average Bonchev–Trinajstić information content (AvgIpc) is 3.27. The molecular formula is C23H25N5O4S2. The summed E-state index contributed by atoms with van der Waals surface area (Å²) < 4.78 is 6.66. The number of rotatable bonds is 9. The van der Waals surface area contributed by atoms with Gasteiger partial charge in [-0.05, 0) is 50.3 Å². The first-order chi connectivity index (χ1) is 16.5. The van der Waals surface area contributed by atoms with Crippen molar-refractivity contribution in [1.29, 1.82) is 0 Å². The molecule has 9 nitrogen and oxygen atoms in total. The quantitative estimate of drug-likeness (QED) is 0.271. The molecule has 3 aromatic rings. The van der Waals surface area contributed by atoms with Gasteiger partial charge in [0.2, 0.25) is 5.91 Å². The van der Waals surface area contributed by atoms with Crippen LogP contribution in [0.3, 0.4) is 0 Å². The molecule has 4 rings (SSSR count). The molecule has 0 fully saturated rings. The first-order valence-corrected chi connectivity index (χ1v) is 12.9. The van der Waals surface area contributed by atoms with Gasteiger partial charge in [0.25, 0.3) is 0 Å². The fourth-order valence-corrected chi connectivity index (χ4v) is 5.40. The number of amides is 1. The highest BCUT2D eigenvalue weighted by molar-refractivity contribution is 8.00. The Morgan fingerprint density at radius 2 is 2.00 bits per heavy atom. The fourth-order valence-electron chi connectivity index (χ4n) is 3.80. The van der Waals surface area contributed by atoms with Crippen LogP contribution in [-0.4, -0.2) is 43.8 Å². The topological polar surface area (TPSA) is 116 Å². The second kappa shape index (κ2) is 11.4. The summed E-state index contributed by atoms with van der Waals surface area (Å²) >= 11 is 2.53. The summed E-state index contributed by atoms with van der Waals surface area (Å²) in [5.74, 6) is -0.481. The molecule has 0 saturated carbocycles. The number of nitrogens with zero attached hydrogens (tertiary/aromatic N) is 4. The molecule has 1 aliphatic rings. The number of thioether (sulfide) groups is 1. The molecule has 3 heterocycles. The van der Waals surface area contributed by atoms with E-state index >= 15 is 0 Å². The summed E-state index contributed by atoms with van der Waals surface area (Å²) in [6, 6.07) is 3.79. The van der Waals surface area contributed by atoms with Crippen molar-refractivity contribution in [3.8, 4) is 0 Å². The number of thiazole rings is 1. The monoisotopic (exact) mass is 499 g/mol. The normalized spacial score (nSPS) is 12.7. The Hall–Kier alpha value is -3.05. The molecule has 0 aliphatic heterocycles. The lowest BCUT2D eigenvalue weighted by molar-refractivity contribution is -0.142. The Morgan fingerprint density at radius 1 is 1.21 bits per heavy atom. The smallest absolute Gasteiger partial charge is 0.349 e. The summed E-state index contributed by atoms with van der Waals surface area (Å²) in [5, 5.41) is 5.53. The maximum atomic E-state index is 12.9. The lowest BCUT2D eigenvalue weighted by atomic mass is 9.97. The van der Waals surface area contributed by atoms with Gasteiger partial charge in [-0.15, -0.1) is 11.3 Å². The van der Waals surface area contributed by atoms with Crippen LogP contribution in [0.1, 0.15) is 42.3 Å². The fraction of sp³-hybridized carbons (Fsp3) is 0.391. The van der Waals surface area contributed by atoms with Gasteiger partial charge in [0.05, 0.1) is 31.0 Å². The second-order valence-corrected chi connectivity index (χ2v) is 9.56. The summed E-state index contributed by atoms with van der Waals surface area (Å²) in [6.45, 7) is 2.52. The largest absolute Gasteiger partial charge is 0.466 e. The van der Waals surface area contributed by atoms with E-state index in [4.69, 9.17) is 4.74 Å². The van der Waals surface area contributed by atoms with Crippen molar-refractivity contribution in [2.45, 2.75) is 50.6 Å². The molecule has 11 heteroatoms. The third kappa shape index (κ3) is 6.09. The highest BCUT2D eigenvalue weighted by atomic mass is 32.2. The van der Waals surface area contributed by atoms with Crippen molar-refractivity contribution in [3.63, 3.8) is 0 Å². The second-order valence-electron chi connectivity index (χ2n) is 7.74. The van der Waals surface area contributed by atoms with Crippen molar-refractivity contribution < 1.29 is 14.3 Å². The zero-order valence-corrected chi connectivity index (χ0v) is 20.4. The highest BCUT2D eigenvalue weighted by Crippen LogP contribution is 2.29. The summed E-state index contributed by atoms with van der Waals surface area (Å²) in [6.07, 6.45) is 7.21. The summed E-state index contributed by atoms with van der Waals surface area (Å²) in [5.41, 5.74) is 3.32. The molecule has 34 heavy (non-hydrogen) atoms. The standard InChI is InChI=1S/C23H25N5O4S2/c1-2-32-20(30)11-16-13-34-22(25-16)26-19(29)14-33-21-17-5-3-4-6-18(17)28(23(31)27-21)12-15-7-9-24-10-8-15/h7-10,13H,2-6,11-12,14H2,1H3,(H,25,26,29). The van der Waals surface area contributed by atoms with Crippen molar-refractivity contribution in [1.82, 2.24) is 19.5 Å². The van der Waals surface area contributed by atoms with Gasteiger partial charge in [-0.1, -0.05) is 11.8 Å². The first-order valence-electron chi connectivity index (χ1n) is 11.1. The molecule has 0 saturated heterocycles. The predicted molar refractivity (Wildman–Crippen MR) is 130 cm³/mol. The molecule has 0 radical (unpaired) electrons. The molecule has 0 spiro atoms. The van der Waals surface area contributed by atoms with Crippen molar-refractivity contribution in [2.24, 2.45) is 0 Å². The number of fused-ring (bicyclic) bond motifs is 1. The van der Waals surface area contributed by atoms with Gasteiger partial charge in [-0.25, -0.2) is 9.78 Å². The van der Waals surface area contributed by atoms with E-state index < -0.39 is 0 Å². The minimum atomic E-state index is -0.351. The number of carbonyl (C=O) groups is 2. The molecule has 1 aliphatic carbocycles. The van der Waals surface area contributed by atoms with E-state index in [1.54, 1.807) is 29.3 Å². The Balaban J connectivity index is 1.42. The van der Waals surface area contributed by atoms with Crippen LogP contribution in [0.5, 0.6) is 0 Å². The number of hydrogen-bond acceptors (Lipinski definition) is 9. The third-order valence-corrected chi connectivity index (χ3v) is 7.13. The highest BCUT2D eigenvalue weighted by Gasteiger charge is 2.21. The molecule has 0 bridgehead atoms. The molecule has 0 aromatic carbocycles. The number of anilines is 1. The van der Waals surface area contributed by atoms with Crippen LogP contribution >= 0.6 is 23.1 Å². The number of carbonyl (C=O) groups excluding carboxylic acids is 2. The maximum Gasteiger partial charge on any atom is 0.349 e. The first kappa shape index (κ1) is 24.1. The van der Waals surface area contributed by atoms with E-state index in [-0.39, 0.29) is 29.7 Å². The van der Waals surface area contributed by atoms with Gasteiger partial charge in [0.15, 0.2) is 5.13 Å². The minimum absolute atomic E-state index is 0.0702. The zero-order valence-electron chi connectivity index (χ0n) is 18.8. The van der Waals surface area contributed by atoms with E-state index in [0.29, 0.717) is 29.0 Å². The molecule has 0 atom stereocenters. The van der Waals surface area contributed by atoms with Crippen LogP contribution in [0.25, 0.3) is 0 Å². The molecule has 0 unspecified atom stereocenters. The average molecular weight is 500 g/mol. The SMILES string of the molecule is CCOC(=O)Cc1csc(NC(=O)CSc2nc(=O)n(Cc3ccncc3)c3c2CCCC3)n1. The van der Waals surface area contributed by atoms with E-state index in [1.807, 2.05) is 12.1 Å². The zero-order chi connectivity index (χ0) is 23.9. The van der Waals surface area contributed by atoms with Gasteiger partial charge < -0.3 is 10.1 Å². The van der Waals surface area contributed by atoms with Crippen LogP contribution in [0.2, 0.25) is 0 Å². The van der Waals surface area contributed by atoms with Gasteiger partial charge in [0.1, 0.15) is 5.03 Å². The number of hydrogen-bond donors (Lipinski definition) is 1. The van der Waals surface area contributed by atoms with Crippen LogP contribution < -0.4 is 11.0 Å². The van der Waals surface area contributed by atoms with Crippen LogP contribution in [0.4, 0.5) is 5.13 Å². The van der Waals surface area contributed by atoms with Crippen LogP contribution in [0, 0.1) is 0 Å². The Morgan fingerprint density at radius 3 is 2.79 bits per heavy atom. The van der Waals surface area contributed by atoms with E-state index in [1.165, 1.54) is 23.1 Å². The molecule has 1 N–H and O–H groups in total. The van der Waals surface area contributed by atoms with Gasteiger partial charge in [0, 0.05) is 29.0 Å². The van der Waals surface area contributed by atoms with E-state index in [2.05, 4.69) is 20.3 Å². The molecule has 3 aromatic heterocycles. The van der Waals surface area contributed by atoms with Gasteiger partial charge >= 0.3 is 11.7 Å². The number of ether oxygens (including phenoxy) is 1. The van der Waals surface area contributed by atoms with Crippen molar-refractivity contribution in [2.75, 3.05) is 17.7 Å². The Bertz CT molecular complexity index is 1230. The minimum Gasteiger partial charge on any atom is -0.466 e. The molecular weight excluding hydrogens is 474 g/mol. The maximum absolute atomic E-state index is 12.9. The van der Waals surface area contributed by atoms with Crippen molar-refractivity contribution in [3.05, 3.63) is 62.9 Å². The van der Waals surface area contributed by atoms with Gasteiger partial charge in [-0.2, -0.15) is 4.98 Å². The van der Waals surface area contributed by atoms with Gasteiger partial charge in [-0.3, -0.25) is 19.1 Å². The summed E-state index contributed by atoms with van der Waals surface area (Å²) in [7, 11) is 0.